The van der Waals surface area contributed by atoms with E-state index in [1.165, 1.54) is 11.8 Å². The normalized spacial score (nSPS) is 11.5. The summed E-state index contributed by atoms with van der Waals surface area (Å²) in [5, 5.41) is 9.85. The molecule has 30 heavy (non-hydrogen) atoms. The second-order valence-corrected chi connectivity index (χ2v) is 8.74. The lowest BCUT2D eigenvalue weighted by Crippen LogP contribution is -2.31. The van der Waals surface area contributed by atoms with E-state index in [1.54, 1.807) is 15.9 Å². The number of aryl methyl sites for hydroxylation is 2. The molecule has 0 fully saturated rings. The first-order valence-corrected chi connectivity index (χ1v) is 11.8. The van der Waals surface area contributed by atoms with Crippen LogP contribution < -0.4 is 11.2 Å². The molecule has 11 heteroatoms. The van der Waals surface area contributed by atoms with Gasteiger partial charge in [0.15, 0.2) is 17.0 Å². The number of aromatic nitrogens is 7. The number of nitrogens with zero attached hydrogens (tertiary/aromatic N) is 5. The van der Waals surface area contributed by atoms with Crippen LogP contribution in [0.5, 0.6) is 0 Å². The van der Waals surface area contributed by atoms with Gasteiger partial charge in [-0.25, -0.2) is 14.8 Å². The molecule has 0 bridgehead atoms. The van der Waals surface area contributed by atoms with Crippen molar-refractivity contribution in [3.05, 3.63) is 44.2 Å². The average molecular weight is 446 g/mol. The Kier molecular flexibility index (Phi) is 6.18. The molecule has 0 spiro atoms. The number of H-pyrrole nitrogens is 2. The third-order valence-corrected chi connectivity index (χ3v) is 6.42. The molecule has 4 aromatic heterocycles. The van der Waals surface area contributed by atoms with E-state index in [-0.39, 0.29) is 0 Å². The van der Waals surface area contributed by atoms with E-state index in [2.05, 4.69) is 27.1 Å². The summed E-state index contributed by atoms with van der Waals surface area (Å²) in [5.74, 6) is 1.97. The Labute approximate surface area is 180 Å². The summed E-state index contributed by atoms with van der Waals surface area (Å²) in [6.45, 7) is 5.29. The van der Waals surface area contributed by atoms with E-state index in [0.29, 0.717) is 35.2 Å². The van der Waals surface area contributed by atoms with Crippen LogP contribution in [0.3, 0.4) is 0 Å². The third kappa shape index (κ3) is 3.99. The van der Waals surface area contributed by atoms with Crippen LogP contribution >= 0.6 is 23.1 Å². The summed E-state index contributed by atoms with van der Waals surface area (Å²) < 4.78 is 3.48. The second kappa shape index (κ2) is 9.00. The number of thiophene rings is 1. The molecular formula is C19H23N7O2S2. The van der Waals surface area contributed by atoms with Gasteiger partial charge in [0, 0.05) is 13.1 Å². The highest BCUT2D eigenvalue weighted by Gasteiger charge is 2.19. The van der Waals surface area contributed by atoms with Crippen molar-refractivity contribution in [2.24, 2.45) is 0 Å². The quantitative estimate of drug-likeness (QED) is 0.382. The van der Waals surface area contributed by atoms with Gasteiger partial charge in [-0.1, -0.05) is 38.1 Å². The lowest BCUT2D eigenvalue weighted by Gasteiger charge is -2.07. The number of hydrogen-bond acceptors (Lipinski definition) is 7. The minimum absolute atomic E-state index is 0.391. The van der Waals surface area contributed by atoms with Crippen LogP contribution in [0.25, 0.3) is 21.9 Å². The molecule has 4 rings (SSSR count). The topological polar surface area (TPSA) is 114 Å². The monoisotopic (exact) mass is 445 g/mol. The Morgan fingerprint density at radius 1 is 1.13 bits per heavy atom. The van der Waals surface area contributed by atoms with Gasteiger partial charge in [0.05, 0.1) is 10.6 Å². The van der Waals surface area contributed by atoms with Crippen LogP contribution in [0.4, 0.5) is 0 Å². The Balaban J connectivity index is 1.68. The first-order chi connectivity index (χ1) is 14.6. The fourth-order valence-corrected chi connectivity index (χ4v) is 4.69. The van der Waals surface area contributed by atoms with Crippen molar-refractivity contribution in [2.45, 2.75) is 57.1 Å². The number of thioether (sulfide) groups is 1. The van der Waals surface area contributed by atoms with Gasteiger partial charge in [-0.2, -0.15) is 0 Å². The number of unbranched alkanes of at least 4 members (excludes halogenated alkanes) is 1. The average Bonchev–Trinajstić information content (AvgIpc) is 3.46. The highest BCUT2D eigenvalue weighted by molar-refractivity contribution is 7.98. The highest BCUT2D eigenvalue weighted by Crippen LogP contribution is 2.25. The van der Waals surface area contributed by atoms with E-state index in [4.69, 9.17) is 4.98 Å². The largest absolute Gasteiger partial charge is 0.330 e. The molecule has 9 nitrogen and oxygen atoms in total. The number of rotatable bonds is 9. The lowest BCUT2D eigenvalue weighted by molar-refractivity contribution is 0.612. The number of nitrogens with one attached hydrogen (secondary N) is 2. The van der Waals surface area contributed by atoms with Crippen molar-refractivity contribution < 1.29 is 0 Å². The molecular weight excluding hydrogens is 422 g/mol. The predicted octanol–water partition coefficient (Wildman–Crippen LogP) is 3.24. The smallest absolute Gasteiger partial charge is 0.321 e. The van der Waals surface area contributed by atoms with Gasteiger partial charge in [0.25, 0.3) is 5.56 Å². The number of hydrogen-bond donors (Lipinski definition) is 2. The molecule has 0 aromatic carbocycles. The Morgan fingerprint density at radius 2 is 2.00 bits per heavy atom. The first kappa shape index (κ1) is 20.6. The van der Waals surface area contributed by atoms with E-state index < -0.39 is 11.2 Å². The van der Waals surface area contributed by atoms with E-state index in [9.17, 15) is 9.59 Å². The molecule has 0 aliphatic rings. The molecule has 0 unspecified atom stereocenters. The Morgan fingerprint density at radius 3 is 2.73 bits per heavy atom. The highest BCUT2D eigenvalue weighted by atomic mass is 32.2. The van der Waals surface area contributed by atoms with Crippen LogP contribution in [0.2, 0.25) is 0 Å². The van der Waals surface area contributed by atoms with Gasteiger partial charge in [-0.3, -0.25) is 19.4 Å². The van der Waals surface area contributed by atoms with E-state index >= 15 is 0 Å². The molecule has 0 radical (unpaired) electrons. The minimum atomic E-state index is -0.407. The van der Waals surface area contributed by atoms with Crippen molar-refractivity contribution >= 4 is 34.3 Å². The summed E-state index contributed by atoms with van der Waals surface area (Å²) in [6, 6.07) is 3.96. The van der Waals surface area contributed by atoms with Crippen LogP contribution in [-0.2, 0) is 18.8 Å². The molecule has 0 atom stereocenters. The predicted molar refractivity (Wildman–Crippen MR) is 119 cm³/mol. The summed E-state index contributed by atoms with van der Waals surface area (Å²) in [7, 11) is 0. The molecule has 2 N–H and O–H groups in total. The summed E-state index contributed by atoms with van der Waals surface area (Å²) in [6.07, 6.45) is 2.64. The van der Waals surface area contributed by atoms with Gasteiger partial charge in [0.2, 0.25) is 5.16 Å². The number of imidazole rings is 1. The lowest BCUT2D eigenvalue weighted by atomic mass is 10.3. The molecule has 4 aromatic rings. The van der Waals surface area contributed by atoms with E-state index in [1.807, 2.05) is 29.0 Å². The molecule has 158 valence electrons. The fourth-order valence-electron chi connectivity index (χ4n) is 3.28. The van der Waals surface area contributed by atoms with Crippen molar-refractivity contribution in [1.29, 1.82) is 0 Å². The molecule has 0 amide bonds. The SMILES string of the molecule is CCCCn1c(=O)[nH]c(=O)c2c1nc(CSc1n[nH]c(-c3cccs3)n1)n2CCC. The molecule has 0 aliphatic heterocycles. The van der Waals surface area contributed by atoms with Gasteiger partial charge in [-0.05, 0) is 24.3 Å². The summed E-state index contributed by atoms with van der Waals surface area (Å²) >= 11 is 3.05. The maximum absolute atomic E-state index is 12.6. The molecule has 0 aliphatic carbocycles. The van der Waals surface area contributed by atoms with Gasteiger partial charge >= 0.3 is 5.69 Å². The Hall–Kier alpha value is -2.66. The standard InChI is InChI=1S/C19H23N7O2S2/c1-3-5-9-26-16-14(17(27)22-19(26)28)25(8-4-2)13(20-16)11-30-18-21-15(23-24-18)12-7-6-10-29-12/h6-7,10H,3-5,8-9,11H2,1-2H3,(H,21,23,24)(H,22,27,28). The zero-order chi connectivity index (χ0) is 21.1. The fraction of sp³-hybridized carbons (Fsp3) is 0.421. The molecule has 0 saturated carbocycles. The molecule has 0 saturated heterocycles. The van der Waals surface area contributed by atoms with Crippen LogP contribution in [-0.4, -0.2) is 34.3 Å². The van der Waals surface area contributed by atoms with Crippen LogP contribution in [0, 0.1) is 0 Å². The van der Waals surface area contributed by atoms with Gasteiger partial charge < -0.3 is 4.57 Å². The zero-order valence-electron chi connectivity index (χ0n) is 16.8. The van der Waals surface area contributed by atoms with Gasteiger partial charge in [-0.15, -0.1) is 16.4 Å². The Bertz CT molecular complexity index is 1250. The number of aromatic amines is 2. The van der Waals surface area contributed by atoms with Gasteiger partial charge in [0.1, 0.15) is 5.82 Å². The summed E-state index contributed by atoms with van der Waals surface area (Å²) in [4.78, 5) is 37.7. The maximum Gasteiger partial charge on any atom is 0.330 e. The maximum atomic E-state index is 12.6. The second-order valence-electron chi connectivity index (χ2n) is 6.85. The van der Waals surface area contributed by atoms with E-state index in [0.717, 1.165) is 35.8 Å². The zero-order valence-corrected chi connectivity index (χ0v) is 18.5. The van der Waals surface area contributed by atoms with Crippen LogP contribution in [0.15, 0.2) is 32.3 Å². The third-order valence-electron chi connectivity index (χ3n) is 4.70. The minimum Gasteiger partial charge on any atom is -0.321 e. The van der Waals surface area contributed by atoms with Crippen molar-refractivity contribution in [3.8, 4) is 10.7 Å². The van der Waals surface area contributed by atoms with Crippen molar-refractivity contribution in [2.75, 3.05) is 0 Å². The van der Waals surface area contributed by atoms with Crippen molar-refractivity contribution in [3.63, 3.8) is 0 Å². The van der Waals surface area contributed by atoms with Crippen molar-refractivity contribution in [1.82, 2.24) is 34.3 Å². The van der Waals surface area contributed by atoms with Crippen LogP contribution in [0.1, 0.15) is 38.9 Å². The summed E-state index contributed by atoms with van der Waals surface area (Å²) in [5.41, 5.74) is 0.113. The number of fused-ring (bicyclic) bond motifs is 1. The molecule has 4 heterocycles. The first-order valence-electron chi connectivity index (χ1n) is 9.93.